The number of fused-ring (bicyclic) bond motifs is 1. The Labute approximate surface area is 207 Å². The summed E-state index contributed by atoms with van der Waals surface area (Å²) in [4.78, 5) is 34.3. The minimum Gasteiger partial charge on any atom is -0.487 e. The Morgan fingerprint density at radius 2 is 1.97 bits per heavy atom. The summed E-state index contributed by atoms with van der Waals surface area (Å²) in [6.07, 6.45) is 1.42. The molecule has 1 heterocycles. The van der Waals surface area contributed by atoms with Gasteiger partial charge in [0.15, 0.2) is 0 Å². The van der Waals surface area contributed by atoms with Gasteiger partial charge in [-0.25, -0.2) is 10.2 Å². The number of nitro groups is 1. The molecule has 0 aliphatic carbocycles. The average Bonchev–Trinajstić information content (AvgIpc) is 3.27. The lowest BCUT2D eigenvalue weighted by atomic mass is 10.1. The number of carbonyl (C=O) groups is 2. The number of rotatable bonds is 8. The lowest BCUT2D eigenvalue weighted by Crippen LogP contribution is -2.16. The molecule has 1 amide bonds. The molecule has 0 spiro atoms. The van der Waals surface area contributed by atoms with Crippen LogP contribution >= 0.6 is 22.9 Å². The maximum absolute atomic E-state index is 12.4. The lowest BCUT2D eigenvalue weighted by Gasteiger charge is -2.09. The molecular formula is C24H16ClN3O6S. The first-order chi connectivity index (χ1) is 16.8. The van der Waals surface area contributed by atoms with Crippen LogP contribution in [0.3, 0.4) is 0 Å². The van der Waals surface area contributed by atoms with E-state index in [9.17, 15) is 19.7 Å². The fourth-order valence-electron chi connectivity index (χ4n) is 3.15. The number of hydrazone groups is 1. The van der Waals surface area contributed by atoms with Gasteiger partial charge in [-0.15, -0.1) is 11.3 Å². The van der Waals surface area contributed by atoms with Gasteiger partial charge in [-0.2, -0.15) is 5.10 Å². The molecule has 0 saturated heterocycles. The van der Waals surface area contributed by atoms with Crippen LogP contribution in [0.25, 0.3) is 10.1 Å². The number of nitrogens with zero attached hydrogens (tertiary/aromatic N) is 2. The molecule has 35 heavy (non-hydrogen) atoms. The molecule has 3 aromatic carbocycles. The summed E-state index contributed by atoms with van der Waals surface area (Å²) in [7, 11) is 0. The number of nitro benzene ring substituents is 1. The topological polar surface area (TPSA) is 131 Å². The lowest BCUT2D eigenvalue weighted by molar-refractivity contribution is -0.384. The van der Waals surface area contributed by atoms with Crippen LogP contribution in [0.2, 0.25) is 5.02 Å². The number of amides is 1. The molecule has 2 N–H and O–H groups in total. The fraction of sp³-hybridized carbons (Fsp3) is 0.0417. The van der Waals surface area contributed by atoms with Gasteiger partial charge < -0.3 is 9.84 Å². The molecule has 176 valence electrons. The van der Waals surface area contributed by atoms with Crippen LogP contribution in [0.4, 0.5) is 5.69 Å². The highest BCUT2D eigenvalue weighted by molar-refractivity contribution is 7.20. The monoisotopic (exact) mass is 509 g/mol. The largest absolute Gasteiger partial charge is 0.487 e. The predicted octanol–water partition coefficient (Wildman–Crippen LogP) is 5.50. The van der Waals surface area contributed by atoms with E-state index in [4.69, 9.17) is 21.4 Å². The van der Waals surface area contributed by atoms with Gasteiger partial charge >= 0.3 is 5.97 Å². The van der Waals surface area contributed by atoms with Gasteiger partial charge in [0.2, 0.25) is 0 Å². The van der Waals surface area contributed by atoms with Gasteiger partial charge in [0.25, 0.3) is 11.6 Å². The van der Waals surface area contributed by atoms with E-state index in [2.05, 4.69) is 10.5 Å². The molecule has 1 aromatic heterocycles. The van der Waals surface area contributed by atoms with Gasteiger partial charge in [-0.05, 0) is 53.6 Å². The van der Waals surface area contributed by atoms with E-state index in [1.165, 1.54) is 41.8 Å². The van der Waals surface area contributed by atoms with E-state index in [0.717, 1.165) is 4.70 Å². The number of hydrogen-bond acceptors (Lipinski definition) is 7. The van der Waals surface area contributed by atoms with Crippen LogP contribution < -0.4 is 10.2 Å². The smallest absolute Gasteiger partial charge is 0.335 e. The number of hydrogen-bond donors (Lipinski definition) is 2. The number of carboxylic acid groups (broad SMARTS) is 1. The van der Waals surface area contributed by atoms with Crippen molar-refractivity contribution in [2.45, 2.75) is 6.61 Å². The Hall–Kier alpha value is -4.28. The molecule has 11 heteroatoms. The summed E-state index contributed by atoms with van der Waals surface area (Å²) in [5.41, 5.74) is 3.85. The van der Waals surface area contributed by atoms with E-state index >= 15 is 0 Å². The molecule has 0 saturated carbocycles. The van der Waals surface area contributed by atoms with Crippen LogP contribution in [0, 0.1) is 10.1 Å². The van der Waals surface area contributed by atoms with E-state index in [0.29, 0.717) is 32.2 Å². The normalized spacial score (nSPS) is 11.0. The molecule has 0 aliphatic heterocycles. The zero-order chi connectivity index (χ0) is 24.9. The first-order valence-corrected chi connectivity index (χ1v) is 11.3. The first-order valence-electron chi connectivity index (χ1n) is 10.1. The molecule has 0 unspecified atom stereocenters. The van der Waals surface area contributed by atoms with Crippen LogP contribution in [-0.2, 0) is 6.61 Å². The fourth-order valence-corrected chi connectivity index (χ4v) is 4.32. The number of halogens is 1. The third-order valence-electron chi connectivity index (χ3n) is 4.84. The van der Waals surface area contributed by atoms with E-state index < -0.39 is 16.8 Å². The van der Waals surface area contributed by atoms with Crippen LogP contribution in [0.5, 0.6) is 5.75 Å². The Bertz CT molecular complexity index is 1480. The number of carbonyl (C=O) groups excluding carboxylic acids is 1. The number of benzene rings is 3. The molecule has 4 aromatic rings. The Kier molecular flexibility index (Phi) is 7.04. The van der Waals surface area contributed by atoms with Crippen molar-refractivity contribution in [1.29, 1.82) is 0 Å². The van der Waals surface area contributed by atoms with Crippen molar-refractivity contribution in [3.8, 4) is 5.75 Å². The van der Waals surface area contributed by atoms with E-state index in [1.54, 1.807) is 42.5 Å². The quantitative estimate of drug-likeness (QED) is 0.183. The van der Waals surface area contributed by atoms with Crippen LogP contribution in [0.1, 0.15) is 31.2 Å². The number of aromatic carboxylic acids is 1. The highest BCUT2D eigenvalue weighted by atomic mass is 35.5. The molecule has 4 rings (SSSR count). The van der Waals surface area contributed by atoms with Gasteiger partial charge in [-0.3, -0.25) is 14.9 Å². The molecule has 9 nitrogen and oxygen atoms in total. The van der Waals surface area contributed by atoms with Crippen molar-refractivity contribution in [1.82, 2.24) is 5.43 Å². The summed E-state index contributed by atoms with van der Waals surface area (Å²) in [6, 6.07) is 17.4. The predicted molar refractivity (Wildman–Crippen MR) is 133 cm³/mol. The molecule has 0 fully saturated rings. The minimum absolute atomic E-state index is 0.0432. The number of thiophene rings is 1. The third-order valence-corrected chi connectivity index (χ3v) is 6.25. The molecule has 0 aliphatic rings. The summed E-state index contributed by atoms with van der Waals surface area (Å²) < 4.78 is 6.44. The SMILES string of the molecule is O=C(O)c1cccc(COc2ccc(/C=N\NC(=O)c3cc4cc([N+](=O)[O-])ccc4s3)cc2Cl)c1. The van der Waals surface area contributed by atoms with Crippen molar-refractivity contribution in [3.63, 3.8) is 0 Å². The Morgan fingerprint density at radius 3 is 2.71 bits per heavy atom. The second-order valence-electron chi connectivity index (χ2n) is 7.27. The van der Waals surface area contributed by atoms with E-state index in [-0.39, 0.29) is 17.9 Å². The zero-order valence-electron chi connectivity index (χ0n) is 17.8. The summed E-state index contributed by atoms with van der Waals surface area (Å²) in [5.74, 6) is -1.05. The highest BCUT2D eigenvalue weighted by Crippen LogP contribution is 2.29. The van der Waals surface area contributed by atoms with Crippen molar-refractivity contribution in [2.24, 2.45) is 5.10 Å². The first kappa shape index (κ1) is 23.9. The molecular weight excluding hydrogens is 494 g/mol. The van der Waals surface area contributed by atoms with Gasteiger partial charge in [0, 0.05) is 22.2 Å². The van der Waals surface area contributed by atoms with Crippen molar-refractivity contribution in [2.75, 3.05) is 0 Å². The third kappa shape index (κ3) is 5.81. The van der Waals surface area contributed by atoms with Crippen molar-refractivity contribution < 1.29 is 24.4 Å². The zero-order valence-corrected chi connectivity index (χ0v) is 19.4. The minimum atomic E-state index is -1.02. The Balaban J connectivity index is 1.37. The molecule has 0 radical (unpaired) electrons. The van der Waals surface area contributed by atoms with Crippen molar-refractivity contribution >= 4 is 56.8 Å². The van der Waals surface area contributed by atoms with Crippen molar-refractivity contribution in [3.05, 3.63) is 103 Å². The molecule has 0 atom stereocenters. The number of nitrogens with one attached hydrogen (secondary N) is 1. The number of carboxylic acids is 1. The van der Waals surface area contributed by atoms with E-state index in [1.807, 2.05) is 0 Å². The highest BCUT2D eigenvalue weighted by Gasteiger charge is 2.13. The van der Waals surface area contributed by atoms with Gasteiger partial charge in [-0.1, -0.05) is 23.7 Å². The maximum Gasteiger partial charge on any atom is 0.335 e. The van der Waals surface area contributed by atoms with Crippen LogP contribution in [-0.4, -0.2) is 28.1 Å². The standard InChI is InChI=1S/C24H16ClN3O6S/c25-19-9-14(4-6-20(19)34-13-15-2-1-3-16(8-15)24(30)31)12-26-27-23(29)22-11-17-10-18(28(32)33)5-7-21(17)35-22/h1-12H,13H2,(H,27,29)(H,30,31)/b26-12-. The summed E-state index contributed by atoms with van der Waals surface area (Å²) in [5, 5.41) is 24.9. The second kappa shape index (κ2) is 10.3. The van der Waals surface area contributed by atoms with Crippen LogP contribution in [0.15, 0.2) is 71.8 Å². The van der Waals surface area contributed by atoms with Gasteiger partial charge in [0.05, 0.1) is 26.6 Å². The summed E-state index contributed by atoms with van der Waals surface area (Å²) >= 11 is 7.48. The maximum atomic E-state index is 12.4. The molecule has 0 bridgehead atoms. The second-order valence-corrected chi connectivity index (χ2v) is 8.76. The van der Waals surface area contributed by atoms with Gasteiger partial charge in [0.1, 0.15) is 12.4 Å². The number of non-ortho nitro benzene ring substituents is 1. The number of ether oxygens (including phenoxy) is 1. The summed E-state index contributed by atoms with van der Waals surface area (Å²) in [6.45, 7) is 0.142. The average molecular weight is 510 g/mol. The Morgan fingerprint density at radius 1 is 1.14 bits per heavy atom.